The van der Waals surface area contributed by atoms with Crippen LogP contribution in [0.25, 0.3) is 0 Å². The molecule has 3 heterocycles. The molecule has 0 radical (unpaired) electrons. The molecule has 1 aromatic rings. The molecule has 14 atom stereocenters. The van der Waals surface area contributed by atoms with Crippen molar-refractivity contribution in [3.8, 4) is 5.75 Å². The van der Waals surface area contributed by atoms with E-state index in [0.29, 0.717) is 11.1 Å². The standard InChI is InChI=1S/C34H50O17/c1-14(2)5-7-16-9-18(31(45)51-34-29(44)25(40)23(38)20(11-35)48-34)10-17(8-6-15(3)4)30(16)50-33-28(43)26(41)24(39)21(49-33)13-47-32-27(42)22(37)19(36)12-46-32/h5-6,9-10,19-29,32-44H,7-8,11-13H2,1-4H3/t19-,20-,21+,22+,23+,24-,25+,26-,27+,28-,29+,32-,33+,34-/m1/s1. The van der Waals surface area contributed by atoms with Gasteiger partial charge in [0.05, 0.1) is 25.4 Å². The predicted octanol–water partition coefficient (Wildman–Crippen LogP) is -2.70. The first-order chi connectivity index (χ1) is 24.0. The minimum atomic E-state index is -1.82. The zero-order valence-corrected chi connectivity index (χ0v) is 28.8. The molecule has 0 aliphatic carbocycles. The second kappa shape index (κ2) is 18.0. The van der Waals surface area contributed by atoms with E-state index in [0.717, 1.165) is 11.1 Å². The van der Waals surface area contributed by atoms with E-state index < -0.39 is 105 Å². The molecule has 17 nitrogen and oxygen atoms in total. The van der Waals surface area contributed by atoms with Crippen LogP contribution in [0.2, 0.25) is 0 Å². The monoisotopic (exact) mass is 730 g/mol. The quantitative estimate of drug-likeness (QED) is 0.0774. The van der Waals surface area contributed by atoms with Crippen molar-refractivity contribution >= 4 is 5.97 Å². The van der Waals surface area contributed by atoms with Gasteiger partial charge in [-0.3, -0.25) is 0 Å². The van der Waals surface area contributed by atoms with Crippen molar-refractivity contribution in [3.05, 3.63) is 52.1 Å². The van der Waals surface area contributed by atoms with Crippen molar-refractivity contribution in [1.82, 2.24) is 0 Å². The van der Waals surface area contributed by atoms with E-state index in [-0.39, 0.29) is 30.8 Å². The summed E-state index contributed by atoms with van der Waals surface area (Å²) < 4.78 is 33.6. The zero-order valence-electron chi connectivity index (χ0n) is 28.8. The molecule has 1 aromatic carbocycles. The molecular weight excluding hydrogens is 680 g/mol. The first kappa shape index (κ1) is 41.2. The van der Waals surface area contributed by atoms with Crippen molar-refractivity contribution in [2.75, 3.05) is 19.8 Å². The van der Waals surface area contributed by atoms with Gasteiger partial charge in [0, 0.05) is 0 Å². The third kappa shape index (κ3) is 9.89. The largest absolute Gasteiger partial charge is 0.461 e. The SMILES string of the molecule is CC(C)=CCc1cc(C(=O)O[C@H]2O[C@H](CO)[C@H](O)[C@H](O)[C@@H]2O)cc(CC=C(C)C)c1O[C@@H]1O[C@@H](CO[C@H]2OC[C@@H](O)[C@H](O)[C@@H]2O)[C@@H](O)[C@@H](O)[C@H]1O. The molecule has 4 rings (SSSR count). The number of aliphatic hydroxyl groups excluding tert-OH is 10. The Kier molecular flexibility index (Phi) is 14.5. The molecular formula is C34H50O17. The fourth-order valence-corrected chi connectivity index (χ4v) is 5.68. The Bertz CT molecular complexity index is 1330. The smallest absolute Gasteiger partial charge is 0.340 e. The molecule has 0 unspecified atom stereocenters. The molecule has 10 N–H and O–H groups in total. The van der Waals surface area contributed by atoms with Crippen molar-refractivity contribution in [2.45, 2.75) is 127 Å². The molecule has 0 amide bonds. The first-order valence-electron chi connectivity index (χ1n) is 16.6. The molecule has 0 aromatic heterocycles. The highest BCUT2D eigenvalue weighted by molar-refractivity contribution is 5.90. The number of hydrogen-bond donors (Lipinski definition) is 10. The van der Waals surface area contributed by atoms with Crippen molar-refractivity contribution in [2.24, 2.45) is 0 Å². The molecule has 3 aliphatic heterocycles. The Morgan fingerprint density at radius 1 is 0.706 bits per heavy atom. The highest BCUT2D eigenvalue weighted by atomic mass is 16.7. The van der Waals surface area contributed by atoms with Crippen LogP contribution in [0.4, 0.5) is 0 Å². The van der Waals surface area contributed by atoms with E-state index in [1.807, 2.05) is 39.8 Å². The van der Waals surface area contributed by atoms with Crippen LogP contribution >= 0.6 is 0 Å². The number of benzene rings is 1. The number of ether oxygens (including phenoxy) is 6. The lowest BCUT2D eigenvalue weighted by Crippen LogP contribution is -2.61. The summed E-state index contributed by atoms with van der Waals surface area (Å²) in [5.74, 6) is -0.804. The maximum Gasteiger partial charge on any atom is 0.340 e. The van der Waals surface area contributed by atoms with Gasteiger partial charge in [-0.1, -0.05) is 23.3 Å². The summed E-state index contributed by atoms with van der Waals surface area (Å²) >= 11 is 0. The molecule has 0 bridgehead atoms. The fraction of sp³-hybridized carbons (Fsp3) is 0.676. The lowest BCUT2D eigenvalue weighted by Gasteiger charge is -2.41. The number of hydrogen-bond acceptors (Lipinski definition) is 17. The van der Waals surface area contributed by atoms with Crippen molar-refractivity contribution in [1.29, 1.82) is 0 Å². The third-order valence-corrected chi connectivity index (χ3v) is 8.79. The molecule has 0 saturated carbocycles. The second-order valence-corrected chi connectivity index (χ2v) is 13.4. The number of rotatable bonds is 12. The molecule has 3 fully saturated rings. The van der Waals surface area contributed by atoms with Gasteiger partial charge in [-0.2, -0.15) is 0 Å². The van der Waals surface area contributed by atoms with E-state index in [1.165, 1.54) is 12.1 Å². The summed E-state index contributed by atoms with van der Waals surface area (Å²) in [7, 11) is 0. The normalized spacial score (nSPS) is 37.0. The van der Waals surface area contributed by atoms with Crippen LogP contribution in [0.15, 0.2) is 35.4 Å². The Balaban J connectivity index is 1.64. The van der Waals surface area contributed by atoms with Crippen LogP contribution in [-0.4, -0.2) is 163 Å². The van der Waals surface area contributed by atoms with Gasteiger partial charge in [-0.25, -0.2) is 4.79 Å². The number of allylic oxidation sites excluding steroid dienone is 4. The van der Waals surface area contributed by atoms with E-state index in [4.69, 9.17) is 28.4 Å². The van der Waals surface area contributed by atoms with Gasteiger partial charge >= 0.3 is 5.97 Å². The number of esters is 1. The zero-order chi connectivity index (χ0) is 37.7. The summed E-state index contributed by atoms with van der Waals surface area (Å²) in [6.07, 6.45) is -18.3. The summed E-state index contributed by atoms with van der Waals surface area (Å²) in [6.45, 7) is 5.86. The Labute approximate surface area is 294 Å². The molecule has 3 aliphatic rings. The van der Waals surface area contributed by atoms with Crippen LogP contribution in [-0.2, 0) is 36.5 Å². The van der Waals surface area contributed by atoms with Crippen LogP contribution in [0.5, 0.6) is 5.75 Å². The van der Waals surface area contributed by atoms with Crippen molar-refractivity contribution in [3.63, 3.8) is 0 Å². The Morgan fingerprint density at radius 3 is 1.76 bits per heavy atom. The van der Waals surface area contributed by atoms with E-state index in [9.17, 15) is 55.9 Å². The minimum Gasteiger partial charge on any atom is -0.461 e. The predicted molar refractivity (Wildman–Crippen MR) is 173 cm³/mol. The minimum absolute atomic E-state index is 0.0150. The van der Waals surface area contributed by atoms with E-state index in [2.05, 4.69) is 0 Å². The summed E-state index contributed by atoms with van der Waals surface area (Å²) in [5.41, 5.74) is 2.63. The second-order valence-electron chi connectivity index (χ2n) is 13.4. The highest BCUT2D eigenvalue weighted by Crippen LogP contribution is 2.34. The lowest BCUT2D eigenvalue weighted by molar-refractivity contribution is -0.307. The van der Waals surface area contributed by atoms with Gasteiger partial charge in [-0.15, -0.1) is 0 Å². The van der Waals surface area contributed by atoms with Crippen LogP contribution in [0.1, 0.15) is 49.2 Å². The third-order valence-electron chi connectivity index (χ3n) is 8.79. The summed E-state index contributed by atoms with van der Waals surface area (Å²) in [6, 6.07) is 2.88. The lowest BCUT2D eigenvalue weighted by atomic mass is 9.97. The van der Waals surface area contributed by atoms with Gasteiger partial charge in [0.1, 0.15) is 72.9 Å². The average molecular weight is 731 g/mol. The highest BCUT2D eigenvalue weighted by Gasteiger charge is 2.48. The van der Waals surface area contributed by atoms with E-state index in [1.54, 1.807) is 0 Å². The summed E-state index contributed by atoms with van der Waals surface area (Å²) in [4.78, 5) is 13.5. The van der Waals surface area contributed by atoms with Gasteiger partial charge in [0.25, 0.3) is 0 Å². The molecule has 51 heavy (non-hydrogen) atoms. The summed E-state index contributed by atoms with van der Waals surface area (Å²) in [5, 5.41) is 102. The first-order valence-corrected chi connectivity index (χ1v) is 16.6. The van der Waals surface area contributed by atoms with Crippen LogP contribution < -0.4 is 4.74 Å². The Hall–Kier alpha value is -2.59. The number of carbonyl (C=O) groups excluding carboxylic acids is 1. The molecule has 288 valence electrons. The molecule has 3 saturated heterocycles. The Morgan fingerprint density at radius 2 is 1.22 bits per heavy atom. The number of carbonyl (C=O) groups is 1. The molecule has 17 heteroatoms. The maximum absolute atomic E-state index is 13.5. The van der Waals surface area contributed by atoms with Crippen LogP contribution in [0.3, 0.4) is 0 Å². The van der Waals surface area contributed by atoms with Gasteiger partial charge in [-0.05, 0) is 63.8 Å². The maximum atomic E-state index is 13.5. The van der Waals surface area contributed by atoms with Gasteiger partial charge < -0.3 is 79.5 Å². The van der Waals surface area contributed by atoms with Gasteiger partial charge in [0.15, 0.2) is 6.29 Å². The van der Waals surface area contributed by atoms with Crippen molar-refractivity contribution < 1.29 is 84.3 Å². The fourth-order valence-electron chi connectivity index (χ4n) is 5.68. The average Bonchev–Trinajstić information content (AvgIpc) is 3.09. The van der Waals surface area contributed by atoms with Crippen LogP contribution in [0, 0.1) is 0 Å². The number of aliphatic hydroxyl groups is 10. The van der Waals surface area contributed by atoms with Gasteiger partial charge in [0.2, 0.25) is 12.6 Å². The van der Waals surface area contributed by atoms with E-state index >= 15 is 0 Å². The topological polar surface area (TPSA) is 275 Å². The molecule has 0 spiro atoms.